The van der Waals surface area contributed by atoms with Crippen molar-refractivity contribution in [3.63, 3.8) is 0 Å². The molecule has 19 heavy (non-hydrogen) atoms. The van der Waals surface area contributed by atoms with Gasteiger partial charge in [-0.25, -0.2) is 9.59 Å². The Morgan fingerprint density at radius 2 is 1.74 bits per heavy atom. The molecule has 0 aliphatic carbocycles. The van der Waals surface area contributed by atoms with Gasteiger partial charge in [-0.3, -0.25) is 0 Å². The van der Waals surface area contributed by atoms with Crippen LogP contribution in [0.5, 0.6) is 0 Å². The van der Waals surface area contributed by atoms with Crippen molar-refractivity contribution in [1.82, 2.24) is 0 Å². The van der Waals surface area contributed by atoms with E-state index in [1.165, 1.54) is 17.8 Å². The van der Waals surface area contributed by atoms with Gasteiger partial charge in [-0.1, -0.05) is 6.08 Å². The number of carbonyl (C=O) groups excluding carboxylic acids is 2. The summed E-state index contributed by atoms with van der Waals surface area (Å²) in [5.41, 5.74) is 0. The monoisotopic (exact) mass is 286 g/mol. The van der Waals surface area contributed by atoms with Crippen molar-refractivity contribution in [3.05, 3.63) is 35.5 Å². The predicted molar refractivity (Wildman–Crippen MR) is 74.7 cm³/mol. The Labute approximate surface area is 117 Å². The van der Waals surface area contributed by atoms with Crippen molar-refractivity contribution in [2.75, 3.05) is 19.0 Å². The molecule has 0 atom stereocenters. The summed E-state index contributed by atoms with van der Waals surface area (Å²) >= 11 is 1.20. The van der Waals surface area contributed by atoms with Crippen LogP contribution in [0.3, 0.4) is 0 Å². The zero-order chi connectivity index (χ0) is 14.7. The maximum Gasteiger partial charge on any atom is 0.373 e. The second kappa shape index (κ2) is 10.3. The third-order valence-corrected chi connectivity index (χ3v) is 2.73. The van der Waals surface area contributed by atoms with Crippen LogP contribution in [0.2, 0.25) is 0 Å². The van der Waals surface area contributed by atoms with E-state index in [1.807, 2.05) is 0 Å². The Morgan fingerprint density at radius 1 is 1.16 bits per heavy atom. The predicted octanol–water partition coefficient (Wildman–Crippen LogP) is 2.36. The second-order valence-electron chi connectivity index (χ2n) is 3.12. The summed E-state index contributed by atoms with van der Waals surface area (Å²) in [4.78, 5) is 23.0. The third-order valence-electron chi connectivity index (χ3n) is 1.71. The maximum absolute atomic E-state index is 11.6. The number of rotatable bonds is 8. The highest BCUT2D eigenvalue weighted by molar-refractivity contribution is 8.04. The van der Waals surface area contributed by atoms with E-state index in [4.69, 9.17) is 4.74 Å². The Kier molecular flexibility index (Phi) is 9.34. The van der Waals surface area contributed by atoms with E-state index in [1.54, 1.807) is 19.9 Å². The fourth-order valence-electron chi connectivity index (χ4n) is 0.954. The van der Waals surface area contributed by atoms with Crippen LogP contribution in [-0.2, 0) is 19.1 Å². The topological polar surface area (TPSA) is 72.8 Å². The molecule has 5 nitrogen and oxygen atoms in total. The first-order valence-corrected chi connectivity index (χ1v) is 6.74. The Hall–Kier alpha value is -1.69. The molecule has 0 saturated carbocycles. The highest BCUT2D eigenvalue weighted by atomic mass is 32.2. The SMILES string of the molecule is C=CCS/C(=C\C=C(/O)C(=O)OCC)C(=O)OCC. The molecule has 1 N–H and O–H groups in total. The molecule has 6 heteroatoms. The molecule has 0 heterocycles. The Balaban J connectivity index is 4.87. The number of ether oxygens (including phenoxy) is 2. The summed E-state index contributed by atoms with van der Waals surface area (Å²) in [6, 6.07) is 0. The van der Waals surface area contributed by atoms with Crippen LogP contribution in [0.1, 0.15) is 13.8 Å². The van der Waals surface area contributed by atoms with E-state index in [2.05, 4.69) is 11.3 Å². The molecule has 106 valence electrons. The number of thioether (sulfide) groups is 1. The van der Waals surface area contributed by atoms with Crippen molar-refractivity contribution in [2.24, 2.45) is 0 Å². The van der Waals surface area contributed by atoms with E-state index in [-0.39, 0.29) is 18.1 Å². The lowest BCUT2D eigenvalue weighted by Gasteiger charge is -2.04. The number of aliphatic hydroxyl groups excluding tert-OH is 1. The van der Waals surface area contributed by atoms with Gasteiger partial charge in [-0.05, 0) is 26.0 Å². The van der Waals surface area contributed by atoms with E-state index in [0.717, 1.165) is 6.08 Å². The average molecular weight is 286 g/mol. The molecular formula is C13H18O5S. The van der Waals surface area contributed by atoms with Gasteiger partial charge in [-0.2, -0.15) is 0 Å². The number of carbonyl (C=O) groups is 2. The minimum atomic E-state index is -0.837. The second-order valence-corrected chi connectivity index (χ2v) is 4.19. The number of hydrogen-bond acceptors (Lipinski definition) is 6. The molecule has 0 radical (unpaired) electrons. The van der Waals surface area contributed by atoms with E-state index in [0.29, 0.717) is 5.75 Å². The van der Waals surface area contributed by atoms with Gasteiger partial charge in [0.15, 0.2) is 0 Å². The summed E-state index contributed by atoms with van der Waals surface area (Å²) in [5, 5.41) is 9.40. The van der Waals surface area contributed by atoms with Crippen LogP contribution in [0.15, 0.2) is 35.5 Å². The van der Waals surface area contributed by atoms with Gasteiger partial charge in [0.2, 0.25) is 5.76 Å². The van der Waals surface area contributed by atoms with Crippen molar-refractivity contribution in [2.45, 2.75) is 13.8 Å². The molecule has 0 aromatic heterocycles. The molecule has 0 rings (SSSR count). The Bertz CT molecular complexity index is 384. The molecule has 0 fully saturated rings. The number of allylic oxidation sites excluding steroid dienone is 2. The fraction of sp³-hybridized carbons (Fsp3) is 0.385. The quantitative estimate of drug-likeness (QED) is 0.243. The first-order chi connectivity index (χ1) is 9.06. The first-order valence-electron chi connectivity index (χ1n) is 5.75. The largest absolute Gasteiger partial charge is 0.502 e. The van der Waals surface area contributed by atoms with Crippen LogP contribution in [0, 0.1) is 0 Å². The highest BCUT2D eigenvalue weighted by Gasteiger charge is 2.11. The van der Waals surface area contributed by atoms with Gasteiger partial charge in [0, 0.05) is 5.75 Å². The minimum absolute atomic E-state index is 0.163. The van der Waals surface area contributed by atoms with Crippen molar-refractivity contribution >= 4 is 23.7 Å². The molecular weight excluding hydrogens is 268 g/mol. The standard InChI is InChI=1S/C13H18O5S/c1-4-9-19-11(13(16)18-6-3)8-7-10(14)12(15)17-5-2/h4,7-8,14H,1,5-6,9H2,2-3H3/b10-7-,11-8-. The van der Waals surface area contributed by atoms with Crippen LogP contribution >= 0.6 is 11.8 Å². The van der Waals surface area contributed by atoms with Gasteiger partial charge in [0.1, 0.15) is 0 Å². The van der Waals surface area contributed by atoms with Crippen LogP contribution in [-0.4, -0.2) is 36.0 Å². The molecule has 0 aliphatic heterocycles. The van der Waals surface area contributed by atoms with Crippen LogP contribution in [0.25, 0.3) is 0 Å². The summed E-state index contributed by atoms with van der Waals surface area (Å²) in [7, 11) is 0. The molecule has 0 amide bonds. The molecule has 0 bridgehead atoms. The molecule has 0 aromatic carbocycles. The van der Waals surface area contributed by atoms with Crippen LogP contribution in [0.4, 0.5) is 0 Å². The summed E-state index contributed by atoms with van der Waals surface area (Å²) in [5.74, 6) is -1.40. The number of aliphatic hydroxyl groups is 1. The maximum atomic E-state index is 11.6. The van der Waals surface area contributed by atoms with E-state index >= 15 is 0 Å². The fourth-order valence-corrected chi connectivity index (χ4v) is 1.59. The molecule has 0 saturated heterocycles. The van der Waals surface area contributed by atoms with Gasteiger partial charge < -0.3 is 14.6 Å². The van der Waals surface area contributed by atoms with Crippen LogP contribution < -0.4 is 0 Å². The van der Waals surface area contributed by atoms with Crippen molar-refractivity contribution in [3.8, 4) is 0 Å². The zero-order valence-electron chi connectivity index (χ0n) is 11.0. The van der Waals surface area contributed by atoms with Gasteiger partial charge >= 0.3 is 11.9 Å². The summed E-state index contributed by atoms with van der Waals surface area (Å²) < 4.78 is 9.45. The lowest BCUT2D eigenvalue weighted by molar-refractivity contribution is -0.141. The molecule has 0 unspecified atom stereocenters. The van der Waals surface area contributed by atoms with Gasteiger partial charge in [0.05, 0.1) is 18.1 Å². The smallest absolute Gasteiger partial charge is 0.373 e. The number of hydrogen-bond donors (Lipinski definition) is 1. The van der Waals surface area contributed by atoms with E-state index in [9.17, 15) is 14.7 Å². The Morgan fingerprint density at radius 3 is 2.26 bits per heavy atom. The van der Waals surface area contributed by atoms with Crippen molar-refractivity contribution < 1.29 is 24.2 Å². The highest BCUT2D eigenvalue weighted by Crippen LogP contribution is 2.18. The molecule has 0 aromatic rings. The zero-order valence-corrected chi connectivity index (χ0v) is 11.9. The first kappa shape index (κ1) is 17.3. The lowest BCUT2D eigenvalue weighted by Crippen LogP contribution is -2.08. The van der Waals surface area contributed by atoms with Gasteiger partial charge in [0.25, 0.3) is 0 Å². The third kappa shape index (κ3) is 7.35. The minimum Gasteiger partial charge on any atom is -0.502 e. The summed E-state index contributed by atoms with van der Waals surface area (Å²) in [6.45, 7) is 7.28. The average Bonchev–Trinajstić information content (AvgIpc) is 2.39. The summed E-state index contributed by atoms with van der Waals surface area (Å²) in [6.07, 6.45) is 4.06. The molecule has 0 spiro atoms. The lowest BCUT2D eigenvalue weighted by atomic mass is 10.4. The normalized spacial score (nSPS) is 11.9. The van der Waals surface area contributed by atoms with E-state index < -0.39 is 17.7 Å². The van der Waals surface area contributed by atoms with Gasteiger partial charge in [-0.15, -0.1) is 18.3 Å². The number of esters is 2. The molecule has 0 aliphatic rings. The van der Waals surface area contributed by atoms with Crippen molar-refractivity contribution in [1.29, 1.82) is 0 Å².